The second-order valence-electron chi connectivity index (χ2n) is 12.5. The molecule has 1 aliphatic carbocycles. The van der Waals surface area contributed by atoms with Gasteiger partial charge in [-0.25, -0.2) is 0 Å². The lowest BCUT2D eigenvalue weighted by Gasteiger charge is -2.22. The fourth-order valence-electron chi connectivity index (χ4n) is 7.69. The first-order valence-electron chi connectivity index (χ1n) is 15.8. The van der Waals surface area contributed by atoms with Crippen molar-refractivity contribution in [3.8, 4) is 11.1 Å². The molecule has 1 atom stereocenters. The predicted octanol–water partition coefficient (Wildman–Crippen LogP) is 12.7. The summed E-state index contributed by atoms with van der Waals surface area (Å²) >= 11 is 1.93. The molecule has 1 aromatic heterocycles. The van der Waals surface area contributed by atoms with Crippen LogP contribution in [0.1, 0.15) is 22.6 Å². The van der Waals surface area contributed by atoms with Gasteiger partial charge >= 0.3 is 0 Å². The fraction of sp³-hybridized carbons (Fsp3) is 0.0455. The molecule has 0 saturated carbocycles. The van der Waals surface area contributed by atoms with Gasteiger partial charge in [-0.15, -0.1) is 11.3 Å². The molecule has 45 heavy (non-hydrogen) atoms. The SMILES string of the molecule is C1=CC(c2ccc3ccccc3c2)Cc2c1ccc1c2ccc2ccc(-c3cccc4c3sc3c5ccccc5ccc43)cc21. The molecule has 9 aromatic rings. The molecule has 0 aliphatic heterocycles. The van der Waals surface area contributed by atoms with Gasteiger partial charge in [0.15, 0.2) is 0 Å². The Morgan fingerprint density at radius 2 is 1.18 bits per heavy atom. The Bertz CT molecular complexity index is 2690. The molecular formula is C44H28S. The van der Waals surface area contributed by atoms with Gasteiger partial charge in [0.25, 0.3) is 0 Å². The van der Waals surface area contributed by atoms with E-state index in [1.165, 1.54) is 91.1 Å². The number of benzene rings is 8. The fourth-order valence-corrected chi connectivity index (χ4v) is 9.07. The third kappa shape index (κ3) is 3.84. The van der Waals surface area contributed by atoms with E-state index in [0.29, 0.717) is 5.92 Å². The molecule has 0 spiro atoms. The third-order valence-corrected chi connectivity index (χ3v) is 11.3. The molecule has 8 aromatic carbocycles. The number of thiophene rings is 1. The minimum atomic E-state index is 0.372. The maximum atomic E-state index is 2.43. The van der Waals surface area contributed by atoms with Crippen molar-refractivity contribution in [2.24, 2.45) is 0 Å². The van der Waals surface area contributed by atoms with Crippen molar-refractivity contribution >= 4 is 80.7 Å². The first-order valence-corrected chi connectivity index (χ1v) is 16.6. The molecule has 210 valence electrons. The Morgan fingerprint density at radius 3 is 2.11 bits per heavy atom. The minimum Gasteiger partial charge on any atom is -0.134 e. The van der Waals surface area contributed by atoms with Crippen molar-refractivity contribution in [3.05, 3.63) is 162 Å². The van der Waals surface area contributed by atoms with Crippen LogP contribution in [0.2, 0.25) is 0 Å². The van der Waals surface area contributed by atoms with E-state index in [1.54, 1.807) is 0 Å². The van der Waals surface area contributed by atoms with E-state index < -0.39 is 0 Å². The molecular weight excluding hydrogens is 561 g/mol. The Kier molecular flexibility index (Phi) is 5.38. The monoisotopic (exact) mass is 588 g/mol. The van der Waals surface area contributed by atoms with Gasteiger partial charge in [-0.2, -0.15) is 0 Å². The van der Waals surface area contributed by atoms with Gasteiger partial charge in [0.1, 0.15) is 0 Å². The van der Waals surface area contributed by atoms with Crippen LogP contribution in [0.25, 0.3) is 80.5 Å². The summed E-state index contributed by atoms with van der Waals surface area (Å²) in [5, 5.41) is 13.3. The van der Waals surface area contributed by atoms with E-state index in [0.717, 1.165) is 6.42 Å². The second-order valence-corrected chi connectivity index (χ2v) is 13.5. The molecule has 1 unspecified atom stereocenters. The first-order chi connectivity index (χ1) is 22.3. The van der Waals surface area contributed by atoms with E-state index in [-0.39, 0.29) is 0 Å². The lowest BCUT2D eigenvalue weighted by Crippen LogP contribution is -2.06. The Balaban J connectivity index is 1.12. The van der Waals surface area contributed by atoms with Crippen molar-refractivity contribution in [2.45, 2.75) is 12.3 Å². The van der Waals surface area contributed by atoms with Crippen molar-refractivity contribution in [1.82, 2.24) is 0 Å². The van der Waals surface area contributed by atoms with Gasteiger partial charge in [0.05, 0.1) is 0 Å². The smallest absolute Gasteiger partial charge is 0.0434 e. The van der Waals surface area contributed by atoms with Gasteiger partial charge < -0.3 is 0 Å². The molecule has 1 aliphatic rings. The zero-order valence-electron chi connectivity index (χ0n) is 24.6. The van der Waals surface area contributed by atoms with Crippen LogP contribution in [-0.4, -0.2) is 0 Å². The topological polar surface area (TPSA) is 0 Å². The predicted molar refractivity (Wildman–Crippen MR) is 197 cm³/mol. The summed E-state index contributed by atoms with van der Waals surface area (Å²) in [7, 11) is 0. The van der Waals surface area contributed by atoms with Crippen LogP contribution in [0.4, 0.5) is 0 Å². The van der Waals surface area contributed by atoms with Crippen LogP contribution in [0.5, 0.6) is 0 Å². The molecule has 10 rings (SSSR count). The van der Waals surface area contributed by atoms with Crippen molar-refractivity contribution in [1.29, 1.82) is 0 Å². The summed E-state index contributed by atoms with van der Waals surface area (Å²) in [6.45, 7) is 0. The molecule has 0 N–H and O–H groups in total. The van der Waals surface area contributed by atoms with Crippen LogP contribution in [-0.2, 0) is 6.42 Å². The summed E-state index contributed by atoms with van der Waals surface area (Å²) in [4.78, 5) is 0. The van der Waals surface area contributed by atoms with Crippen LogP contribution in [0, 0.1) is 0 Å². The van der Waals surface area contributed by atoms with E-state index in [9.17, 15) is 0 Å². The third-order valence-electron chi connectivity index (χ3n) is 10.0. The molecule has 1 heterocycles. The van der Waals surface area contributed by atoms with Crippen LogP contribution < -0.4 is 0 Å². The number of hydrogen-bond donors (Lipinski definition) is 0. The van der Waals surface area contributed by atoms with E-state index >= 15 is 0 Å². The first kappa shape index (κ1) is 25.1. The standard InChI is InChI=1S/C44H28S/c1-2-8-31-24-32(15-12-27(31)6-1)33-16-13-29-18-22-38-37(41(29)25-33)21-19-30-14-17-34(26-42(30)38)36-10-5-11-39-40-23-20-28-7-3-4-9-35(28)43(40)45-44(36)39/h1-24,26,33H,25H2. The van der Waals surface area contributed by atoms with E-state index in [4.69, 9.17) is 0 Å². The highest BCUT2D eigenvalue weighted by Gasteiger charge is 2.19. The minimum absolute atomic E-state index is 0.372. The van der Waals surface area contributed by atoms with Gasteiger partial charge in [-0.05, 0) is 83.4 Å². The summed E-state index contributed by atoms with van der Waals surface area (Å²) in [6.07, 6.45) is 5.75. The molecule has 1 heteroatoms. The molecule has 0 nitrogen and oxygen atoms in total. The van der Waals surface area contributed by atoms with Crippen molar-refractivity contribution in [2.75, 3.05) is 0 Å². The van der Waals surface area contributed by atoms with Gasteiger partial charge in [-0.1, -0.05) is 146 Å². The lowest BCUT2D eigenvalue weighted by molar-refractivity contribution is 0.834. The number of fused-ring (bicyclic) bond motifs is 11. The highest BCUT2D eigenvalue weighted by atomic mass is 32.1. The second kappa shape index (κ2) is 9.63. The van der Waals surface area contributed by atoms with Gasteiger partial charge in [0, 0.05) is 26.1 Å². The normalized spacial score (nSPS) is 14.7. The maximum absolute atomic E-state index is 2.43. The molecule has 0 saturated heterocycles. The van der Waals surface area contributed by atoms with Crippen molar-refractivity contribution in [3.63, 3.8) is 0 Å². The maximum Gasteiger partial charge on any atom is 0.0434 e. The van der Waals surface area contributed by atoms with Gasteiger partial charge in [0.2, 0.25) is 0 Å². The largest absolute Gasteiger partial charge is 0.134 e. The molecule has 0 fully saturated rings. The molecule has 0 bridgehead atoms. The zero-order chi connectivity index (χ0) is 29.5. The van der Waals surface area contributed by atoms with Gasteiger partial charge in [-0.3, -0.25) is 0 Å². The Hall–Kier alpha value is -5.24. The molecule has 0 radical (unpaired) electrons. The van der Waals surface area contributed by atoms with Crippen LogP contribution >= 0.6 is 11.3 Å². The van der Waals surface area contributed by atoms with E-state index in [2.05, 4.69) is 152 Å². The molecule has 0 amide bonds. The summed E-state index contributed by atoms with van der Waals surface area (Å²) < 4.78 is 2.74. The highest BCUT2D eigenvalue weighted by Crippen LogP contribution is 2.44. The van der Waals surface area contributed by atoms with Crippen LogP contribution in [0.15, 0.2) is 146 Å². The number of hydrogen-bond acceptors (Lipinski definition) is 1. The Labute approximate surface area is 265 Å². The van der Waals surface area contributed by atoms with Crippen molar-refractivity contribution < 1.29 is 0 Å². The quantitative estimate of drug-likeness (QED) is 0.176. The lowest BCUT2D eigenvalue weighted by atomic mass is 9.82. The number of rotatable bonds is 2. The van der Waals surface area contributed by atoms with Crippen LogP contribution in [0.3, 0.4) is 0 Å². The average molecular weight is 589 g/mol. The summed E-state index contributed by atoms with van der Waals surface area (Å²) in [5.74, 6) is 0.372. The summed E-state index contributed by atoms with van der Waals surface area (Å²) in [5.41, 5.74) is 6.79. The Morgan fingerprint density at radius 1 is 0.467 bits per heavy atom. The zero-order valence-corrected chi connectivity index (χ0v) is 25.4. The average Bonchev–Trinajstić information content (AvgIpc) is 3.50. The summed E-state index contributed by atoms with van der Waals surface area (Å²) in [6, 6.07) is 52.1. The van der Waals surface area contributed by atoms with E-state index in [1.807, 2.05) is 11.3 Å². The number of allylic oxidation sites excluding steroid dienone is 1. The highest BCUT2D eigenvalue weighted by molar-refractivity contribution is 7.27.